The van der Waals surface area contributed by atoms with Crippen molar-refractivity contribution in [1.82, 2.24) is 5.32 Å². The summed E-state index contributed by atoms with van der Waals surface area (Å²) < 4.78 is 5.47. The summed E-state index contributed by atoms with van der Waals surface area (Å²) in [6, 6.07) is -0.636. The summed E-state index contributed by atoms with van der Waals surface area (Å²) in [5, 5.41) is 23.1. The molecule has 0 heterocycles. The molecule has 2 atom stereocenters. The molecule has 0 aromatic heterocycles. The number of hydrogen-bond acceptors (Lipinski definition) is 5. The van der Waals surface area contributed by atoms with Gasteiger partial charge in [-0.25, -0.2) is 0 Å². The molecule has 0 aliphatic carbocycles. The lowest BCUT2D eigenvalue weighted by Crippen LogP contribution is -2.45. The molecule has 0 aromatic carbocycles. The van der Waals surface area contributed by atoms with E-state index in [2.05, 4.69) is 55.6 Å². The topological polar surface area (TPSA) is 95.9 Å². The number of aliphatic hydroxyl groups is 2. The molecule has 2 unspecified atom stereocenters. The zero-order valence-electron chi connectivity index (χ0n) is 45.3. The van der Waals surface area contributed by atoms with Crippen LogP contribution in [0.5, 0.6) is 0 Å². The summed E-state index contributed by atoms with van der Waals surface area (Å²) in [6.07, 6.45) is 72.8. The highest BCUT2D eigenvalue weighted by Crippen LogP contribution is 2.16. The molecule has 0 saturated heterocycles. The summed E-state index contributed by atoms with van der Waals surface area (Å²) in [6.45, 7) is 4.86. The van der Waals surface area contributed by atoms with Crippen LogP contribution >= 0.6 is 0 Å². The van der Waals surface area contributed by atoms with Crippen LogP contribution < -0.4 is 5.32 Å². The van der Waals surface area contributed by atoms with E-state index in [9.17, 15) is 19.8 Å². The molecule has 0 spiro atoms. The Morgan fingerprint density at radius 1 is 0.412 bits per heavy atom. The summed E-state index contributed by atoms with van der Waals surface area (Å²) in [5.41, 5.74) is 0. The highest BCUT2D eigenvalue weighted by molar-refractivity contribution is 5.76. The molecular weight excluding hydrogens is 839 g/mol. The van der Waals surface area contributed by atoms with E-state index in [4.69, 9.17) is 4.74 Å². The van der Waals surface area contributed by atoms with Crippen LogP contribution in [0.1, 0.15) is 309 Å². The first-order chi connectivity index (χ1) is 33.5. The van der Waals surface area contributed by atoms with Gasteiger partial charge in [-0.1, -0.05) is 255 Å². The summed E-state index contributed by atoms with van der Waals surface area (Å²) >= 11 is 0. The lowest BCUT2D eigenvalue weighted by Gasteiger charge is -2.20. The van der Waals surface area contributed by atoms with Crippen molar-refractivity contribution < 1.29 is 24.5 Å². The molecule has 398 valence electrons. The number of carbonyl (C=O) groups excluding carboxylic acids is 2. The number of esters is 1. The van der Waals surface area contributed by atoms with Crippen molar-refractivity contribution in [1.29, 1.82) is 0 Å². The van der Waals surface area contributed by atoms with E-state index in [1.807, 2.05) is 6.08 Å². The highest BCUT2D eigenvalue weighted by atomic mass is 16.5. The lowest BCUT2D eigenvalue weighted by molar-refractivity contribution is -0.143. The average molecular weight is 955 g/mol. The third-order valence-electron chi connectivity index (χ3n) is 13.6. The minimum absolute atomic E-state index is 0.0150. The maximum absolute atomic E-state index is 12.4. The van der Waals surface area contributed by atoms with Gasteiger partial charge >= 0.3 is 5.97 Å². The Bertz CT molecular complexity index is 1150. The van der Waals surface area contributed by atoms with E-state index < -0.39 is 12.1 Å². The van der Waals surface area contributed by atoms with Crippen LogP contribution in [0, 0.1) is 0 Å². The molecule has 0 aromatic rings. The van der Waals surface area contributed by atoms with Crippen molar-refractivity contribution in [2.24, 2.45) is 0 Å². The van der Waals surface area contributed by atoms with Gasteiger partial charge in [0.1, 0.15) is 0 Å². The monoisotopic (exact) mass is 954 g/mol. The van der Waals surface area contributed by atoms with E-state index in [-0.39, 0.29) is 18.5 Å². The van der Waals surface area contributed by atoms with E-state index in [0.717, 1.165) is 77.0 Å². The normalized spacial score (nSPS) is 12.9. The third-order valence-corrected chi connectivity index (χ3v) is 13.6. The molecular formula is C62H115NO5. The number of hydrogen-bond donors (Lipinski definition) is 3. The number of amides is 1. The fourth-order valence-corrected chi connectivity index (χ4v) is 8.97. The van der Waals surface area contributed by atoms with Gasteiger partial charge in [0.2, 0.25) is 5.91 Å². The first-order valence-corrected chi connectivity index (χ1v) is 29.9. The van der Waals surface area contributed by atoms with E-state index in [1.54, 1.807) is 6.08 Å². The van der Waals surface area contributed by atoms with Gasteiger partial charge in [-0.3, -0.25) is 9.59 Å². The standard InChI is InChI=1S/C62H115NO5/c1-3-5-7-9-11-13-15-17-18-19-21-25-28-32-36-40-44-48-52-56-62(67)68-57-53-49-45-41-37-33-29-26-23-20-22-24-27-31-35-39-43-47-51-55-61(66)63-59(58-64)60(65)54-50-46-42-38-34-30-16-14-12-10-8-6-4-2/h17-18,26,29,33,37,50,54,59-60,64-65H,3-16,19-25,27-28,30-32,34-36,38-49,51-53,55-58H2,1-2H3,(H,63,66)/b18-17-,29-26-,37-33-,54-50+. The second-order valence-corrected chi connectivity index (χ2v) is 20.3. The second kappa shape index (κ2) is 57.4. The Labute approximate surface area is 423 Å². The van der Waals surface area contributed by atoms with E-state index in [0.29, 0.717) is 19.4 Å². The van der Waals surface area contributed by atoms with E-state index >= 15 is 0 Å². The summed E-state index contributed by atoms with van der Waals surface area (Å²) in [7, 11) is 0. The summed E-state index contributed by atoms with van der Waals surface area (Å²) in [4.78, 5) is 24.5. The molecule has 0 fully saturated rings. The molecule has 6 heteroatoms. The molecule has 0 radical (unpaired) electrons. The Balaban J connectivity index is 3.48. The molecule has 1 amide bonds. The summed E-state index contributed by atoms with van der Waals surface area (Å²) in [5.74, 6) is -0.0935. The van der Waals surface area contributed by atoms with Gasteiger partial charge in [0, 0.05) is 12.8 Å². The van der Waals surface area contributed by atoms with Crippen molar-refractivity contribution in [2.75, 3.05) is 13.2 Å². The van der Waals surface area contributed by atoms with Crippen LogP contribution in [0.25, 0.3) is 0 Å². The molecule has 0 bridgehead atoms. The molecule has 0 rings (SSSR count). The quantitative estimate of drug-likeness (QED) is 0.0244. The van der Waals surface area contributed by atoms with Gasteiger partial charge in [-0.2, -0.15) is 0 Å². The number of nitrogens with one attached hydrogen (secondary N) is 1. The lowest BCUT2D eigenvalue weighted by atomic mass is 10.0. The number of ether oxygens (including phenoxy) is 1. The highest BCUT2D eigenvalue weighted by Gasteiger charge is 2.18. The predicted octanol–water partition coefficient (Wildman–Crippen LogP) is 18.6. The molecule has 0 saturated carbocycles. The number of aliphatic hydroxyl groups excluding tert-OH is 2. The van der Waals surface area contributed by atoms with E-state index in [1.165, 1.54) is 205 Å². The average Bonchev–Trinajstić information content (AvgIpc) is 3.34. The van der Waals surface area contributed by atoms with Crippen LogP contribution in [0.3, 0.4) is 0 Å². The minimum atomic E-state index is -0.851. The maximum Gasteiger partial charge on any atom is 0.305 e. The molecule has 68 heavy (non-hydrogen) atoms. The Morgan fingerprint density at radius 2 is 0.735 bits per heavy atom. The van der Waals surface area contributed by atoms with Crippen LogP contribution in [0.15, 0.2) is 48.6 Å². The van der Waals surface area contributed by atoms with Crippen molar-refractivity contribution in [3.8, 4) is 0 Å². The van der Waals surface area contributed by atoms with Crippen molar-refractivity contribution in [2.45, 2.75) is 321 Å². The fraction of sp³-hybridized carbons (Fsp3) is 0.839. The zero-order valence-corrected chi connectivity index (χ0v) is 45.3. The minimum Gasteiger partial charge on any atom is -0.466 e. The smallest absolute Gasteiger partial charge is 0.305 e. The van der Waals surface area contributed by atoms with Crippen LogP contribution in [0.2, 0.25) is 0 Å². The van der Waals surface area contributed by atoms with Crippen LogP contribution in [0.4, 0.5) is 0 Å². The van der Waals surface area contributed by atoms with Crippen molar-refractivity contribution in [3.05, 3.63) is 48.6 Å². The van der Waals surface area contributed by atoms with Gasteiger partial charge in [-0.05, 0) is 89.9 Å². The molecule has 6 nitrogen and oxygen atoms in total. The second-order valence-electron chi connectivity index (χ2n) is 20.3. The molecule has 3 N–H and O–H groups in total. The van der Waals surface area contributed by atoms with Gasteiger partial charge in [-0.15, -0.1) is 0 Å². The largest absolute Gasteiger partial charge is 0.466 e. The van der Waals surface area contributed by atoms with Crippen molar-refractivity contribution >= 4 is 11.9 Å². The Hall–Kier alpha value is -2.18. The van der Waals surface area contributed by atoms with Crippen LogP contribution in [-0.2, 0) is 14.3 Å². The van der Waals surface area contributed by atoms with Gasteiger partial charge in [0.05, 0.1) is 25.4 Å². The zero-order chi connectivity index (χ0) is 49.3. The fourth-order valence-electron chi connectivity index (χ4n) is 8.97. The van der Waals surface area contributed by atoms with Gasteiger partial charge in [0.15, 0.2) is 0 Å². The third kappa shape index (κ3) is 53.2. The number of allylic oxidation sites excluding steroid dienone is 7. The maximum atomic E-state index is 12.4. The number of carbonyl (C=O) groups is 2. The first-order valence-electron chi connectivity index (χ1n) is 29.9. The SMILES string of the molecule is CCCCCCCC/C=C\CCCCCCCCCCCC(=O)OCCCCC/C=C\C=C/CCCCCCCCCCCCC(=O)NC(CO)C(O)/C=C/CCCCCCCCCCCCC. The molecule has 0 aliphatic heterocycles. The van der Waals surface area contributed by atoms with Gasteiger partial charge in [0.25, 0.3) is 0 Å². The van der Waals surface area contributed by atoms with Crippen molar-refractivity contribution in [3.63, 3.8) is 0 Å². The number of rotatable bonds is 55. The van der Waals surface area contributed by atoms with Crippen LogP contribution in [-0.4, -0.2) is 47.4 Å². The molecule has 0 aliphatic rings. The van der Waals surface area contributed by atoms with Gasteiger partial charge < -0.3 is 20.3 Å². The Kier molecular flexibility index (Phi) is 55.6. The predicted molar refractivity (Wildman–Crippen MR) is 296 cm³/mol. The number of unbranched alkanes of at least 4 members (excludes halogenated alkanes) is 39. The first kappa shape index (κ1) is 65.8. The Morgan fingerprint density at radius 3 is 1.13 bits per heavy atom.